The molecular formula is C19H16N4O4S. The minimum absolute atomic E-state index is 0.204. The standard InChI is InChI=1S/C19H16N4O4S/c1-24-15-10-6-5-9-14(15)18-22-21-17(26-18)12-28-19-23-20-16(27-19)11-25-13-7-3-2-4-8-13/h2-10H,11-12H2,1H3. The Labute approximate surface area is 164 Å². The van der Waals surface area contributed by atoms with Crippen LogP contribution in [0.2, 0.25) is 0 Å². The maximum atomic E-state index is 5.71. The molecule has 0 fully saturated rings. The first-order valence-electron chi connectivity index (χ1n) is 8.40. The number of hydrogen-bond acceptors (Lipinski definition) is 9. The topological polar surface area (TPSA) is 96.3 Å². The van der Waals surface area contributed by atoms with E-state index in [2.05, 4.69) is 20.4 Å². The number of ether oxygens (including phenoxy) is 2. The molecule has 0 unspecified atom stereocenters. The van der Waals surface area contributed by atoms with Crippen LogP contribution in [0, 0.1) is 0 Å². The molecule has 142 valence electrons. The van der Waals surface area contributed by atoms with Crippen molar-refractivity contribution in [1.82, 2.24) is 20.4 Å². The van der Waals surface area contributed by atoms with Gasteiger partial charge in [0.1, 0.15) is 11.5 Å². The smallest absolute Gasteiger partial charge is 0.277 e. The Morgan fingerprint density at radius 1 is 0.857 bits per heavy atom. The summed E-state index contributed by atoms with van der Waals surface area (Å²) in [6.07, 6.45) is 0. The zero-order valence-corrected chi connectivity index (χ0v) is 15.8. The van der Waals surface area contributed by atoms with Gasteiger partial charge >= 0.3 is 0 Å². The molecular weight excluding hydrogens is 380 g/mol. The summed E-state index contributed by atoms with van der Waals surface area (Å²) in [6.45, 7) is 0.204. The van der Waals surface area contributed by atoms with E-state index in [0.717, 1.165) is 11.3 Å². The summed E-state index contributed by atoms with van der Waals surface area (Å²) < 4.78 is 22.2. The zero-order chi connectivity index (χ0) is 19.2. The number of methoxy groups -OCH3 is 1. The predicted octanol–water partition coefficient (Wildman–Crippen LogP) is 4.00. The average molecular weight is 396 g/mol. The summed E-state index contributed by atoms with van der Waals surface area (Å²) in [7, 11) is 1.60. The van der Waals surface area contributed by atoms with E-state index >= 15 is 0 Å². The summed E-state index contributed by atoms with van der Waals surface area (Å²) in [6, 6.07) is 16.9. The van der Waals surface area contributed by atoms with Crippen molar-refractivity contribution in [2.24, 2.45) is 0 Å². The Morgan fingerprint density at radius 3 is 2.50 bits per heavy atom. The molecule has 0 aliphatic heterocycles. The third kappa shape index (κ3) is 4.32. The van der Waals surface area contributed by atoms with E-state index in [1.165, 1.54) is 11.8 Å². The molecule has 0 aliphatic rings. The van der Waals surface area contributed by atoms with E-state index in [1.54, 1.807) is 7.11 Å². The van der Waals surface area contributed by atoms with Gasteiger partial charge in [-0.2, -0.15) is 0 Å². The van der Waals surface area contributed by atoms with Crippen molar-refractivity contribution in [3.63, 3.8) is 0 Å². The van der Waals surface area contributed by atoms with Gasteiger partial charge in [0.2, 0.25) is 5.89 Å². The van der Waals surface area contributed by atoms with Crippen molar-refractivity contribution in [3.05, 3.63) is 66.4 Å². The van der Waals surface area contributed by atoms with Gasteiger partial charge in [-0.05, 0) is 24.3 Å². The van der Waals surface area contributed by atoms with E-state index in [0.29, 0.717) is 34.4 Å². The van der Waals surface area contributed by atoms with E-state index in [9.17, 15) is 0 Å². The monoisotopic (exact) mass is 396 g/mol. The maximum Gasteiger partial charge on any atom is 0.277 e. The lowest BCUT2D eigenvalue weighted by molar-refractivity contribution is 0.252. The van der Waals surface area contributed by atoms with Gasteiger partial charge in [0, 0.05) is 0 Å². The molecule has 28 heavy (non-hydrogen) atoms. The fraction of sp³-hybridized carbons (Fsp3) is 0.158. The number of thioether (sulfide) groups is 1. The fourth-order valence-corrected chi connectivity index (χ4v) is 3.00. The summed E-state index contributed by atoms with van der Waals surface area (Å²) in [4.78, 5) is 0. The minimum atomic E-state index is 0.204. The lowest BCUT2D eigenvalue weighted by Crippen LogP contribution is -1.95. The molecule has 0 saturated carbocycles. The molecule has 0 radical (unpaired) electrons. The first kappa shape index (κ1) is 18.1. The van der Waals surface area contributed by atoms with Crippen LogP contribution in [-0.2, 0) is 12.4 Å². The van der Waals surface area contributed by atoms with E-state index in [-0.39, 0.29) is 6.61 Å². The summed E-state index contributed by atoms with van der Waals surface area (Å²) in [5.41, 5.74) is 0.742. The number of hydrogen-bond donors (Lipinski definition) is 0. The van der Waals surface area contributed by atoms with Crippen molar-refractivity contribution in [1.29, 1.82) is 0 Å². The van der Waals surface area contributed by atoms with Crippen molar-refractivity contribution in [2.45, 2.75) is 17.6 Å². The van der Waals surface area contributed by atoms with Gasteiger partial charge in [-0.1, -0.05) is 42.1 Å². The normalized spacial score (nSPS) is 10.8. The molecule has 0 N–H and O–H groups in total. The molecule has 0 amide bonds. The number of para-hydroxylation sites is 2. The van der Waals surface area contributed by atoms with Crippen molar-refractivity contribution >= 4 is 11.8 Å². The molecule has 2 aromatic carbocycles. The average Bonchev–Trinajstić information content (AvgIpc) is 3.41. The first-order valence-corrected chi connectivity index (χ1v) is 9.39. The second kappa shape index (κ2) is 8.57. The van der Waals surface area contributed by atoms with E-state index in [4.69, 9.17) is 18.3 Å². The molecule has 4 aromatic rings. The van der Waals surface area contributed by atoms with Gasteiger partial charge in [-0.25, -0.2) is 0 Å². The Kier molecular flexibility index (Phi) is 5.53. The Hall–Kier alpha value is -3.33. The number of rotatable bonds is 8. The van der Waals surface area contributed by atoms with Crippen LogP contribution < -0.4 is 9.47 Å². The summed E-state index contributed by atoms with van der Waals surface area (Å²) in [5, 5.41) is 16.5. The van der Waals surface area contributed by atoms with Crippen LogP contribution in [0.5, 0.6) is 11.5 Å². The number of nitrogens with zero attached hydrogens (tertiary/aromatic N) is 4. The largest absolute Gasteiger partial charge is 0.496 e. The molecule has 0 bridgehead atoms. The van der Waals surface area contributed by atoms with Gasteiger partial charge in [0.05, 0.1) is 18.4 Å². The number of benzene rings is 2. The third-order valence-corrected chi connectivity index (χ3v) is 4.48. The van der Waals surface area contributed by atoms with Gasteiger partial charge in [-0.3, -0.25) is 0 Å². The Balaban J connectivity index is 1.34. The van der Waals surface area contributed by atoms with Crippen LogP contribution in [-0.4, -0.2) is 27.5 Å². The van der Waals surface area contributed by atoms with Gasteiger partial charge in [0.25, 0.3) is 17.0 Å². The van der Waals surface area contributed by atoms with E-state index < -0.39 is 0 Å². The molecule has 0 atom stereocenters. The summed E-state index contributed by atoms with van der Waals surface area (Å²) in [5.74, 6) is 3.06. The van der Waals surface area contributed by atoms with Crippen LogP contribution in [0.25, 0.3) is 11.5 Å². The molecule has 0 saturated heterocycles. The van der Waals surface area contributed by atoms with Crippen LogP contribution in [0.3, 0.4) is 0 Å². The number of aromatic nitrogens is 4. The maximum absolute atomic E-state index is 5.71. The van der Waals surface area contributed by atoms with E-state index in [1.807, 2.05) is 54.6 Å². The lowest BCUT2D eigenvalue weighted by Gasteiger charge is -2.03. The Morgan fingerprint density at radius 2 is 1.64 bits per heavy atom. The molecule has 8 nitrogen and oxygen atoms in total. The molecule has 0 spiro atoms. The van der Waals surface area contributed by atoms with Crippen LogP contribution >= 0.6 is 11.8 Å². The highest BCUT2D eigenvalue weighted by Crippen LogP contribution is 2.29. The van der Waals surface area contributed by atoms with Crippen molar-refractivity contribution in [2.75, 3.05) is 7.11 Å². The third-order valence-electron chi connectivity index (χ3n) is 3.68. The molecule has 2 aromatic heterocycles. The van der Waals surface area contributed by atoms with Crippen molar-refractivity contribution < 1.29 is 18.3 Å². The molecule has 4 rings (SSSR count). The zero-order valence-electron chi connectivity index (χ0n) is 14.9. The predicted molar refractivity (Wildman–Crippen MR) is 101 cm³/mol. The lowest BCUT2D eigenvalue weighted by atomic mass is 10.2. The summed E-state index contributed by atoms with van der Waals surface area (Å²) >= 11 is 1.31. The second-order valence-corrected chi connectivity index (χ2v) is 6.48. The molecule has 9 heteroatoms. The highest BCUT2D eigenvalue weighted by molar-refractivity contribution is 7.98. The minimum Gasteiger partial charge on any atom is -0.496 e. The van der Waals surface area contributed by atoms with Crippen molar-refractivity contribution in [3.8, 4) is 23.0 Å². The Bertz CT molecular complexity index is 1040. The molecule has 2 heterocycles. The highest BCUT2D eigenvalue weighted by atomic mass is 32.2. The quantitative estimate of drug-likeness (QED) is 0.409. The molecule has 0 aliphatic carbocycles. The first-order chi connectivity index (χ1) is 13.8. The van der Waals surface area contributed by atoms with Crippen LogP contribution in [0.1, 0.15) is 11.8 Å². The van der Waals surface area contributed by atoms with Gasteiger partial charge < -0.3 is 18.3 Å². The van der Waals surface area contributed by atoms with Gasteiger partial charge in [-0.15, -0.1) is 20.4 Å². The van der Waals surface area contributed by atoms with Crippen LogP contribution in [0.4, 0.5) is 0 Å². The van der Waals surface area contributed by atoms with Gasteiger partial charge in [0.15, 0.2) is 6.61 Å². The fourth-order valence-electron chi connectivity index (χ4n) is 2.38. The second-order valence-electron chi connectivity index (χ2n) is 5.55. The SMILES string of the molecule is COc1ccccc1-c1nnc(CSc2nnc(COc3ccccc3)o2)o1. The van der Waals surface area contributed by atoms with Crippen LogP contribution in [0.15, 0.2) is 68.7 Å². The highest BCUT2D eigenvalue weighted by Gasteiger charge is 2.14.